The van der Waals surface area contributed by atoms with Gasteiger partial charge in [-0.15, -0.1) is 0 Å². The molecule has 0 N–H and O–H groups in total. The first-order valence-electron chi connectivity index (χ1n) is 6.75. The first kappa shape index (κ1) is 14.5. The quantitative estimate of drug-likeness (QED) is 0.433. The van der Waals surface area contributed by atoms with E-state index in [9.17, 15) is 4.79 Å². The maximum absolute atomic E-state index is 11.4. The average molecular weight is 243 g/mol. The van der Waals surface area contributed by atoms with E-state index in [2.05, 4.69) is 11.8 Å². The highest BCUT2D eigenvalue weighted by molar-refractivity contribution is 5.71. The number of nitrogens with zero attached hydrogens (tertiary/aromatic N) is 1. The minimum Gasteiger partial charge on any atom is -0.465 e. The van der Waals surface area contributed by atoms with Gasteiger partial charge in [-0.05, 0) is 26.2 Å². The lowest BCUT2D eigenvalue weighted by molar-refractivity contribution is -0.144. The highest BCUT2D eigenvalue weighted by Crippen LogP contribution is 2.26. The largest absolute Gasteiger partial charge is 0.465 e. The maximum Gasteiger partial charge on any atom is 0.320 e. The number of hydrogen-bond donors (Lipinski definition) is 0. The molecule has 0 aromatic heterocycles. The first-order chi connectivity index (χ1) is 8.27. The molecule has 1 rings (SSSR count). The summed E-state index contributed by atoms with van der Waals surface area (Å²) < 4.78 is 10.5. The topological polar surface area (TPSA) is 38.8 Å². The third-order valence-corrected chi connectivity index (χ3v) is 2.87. The second-order valence-electron chi connectivity index (χ2n) is 4.47. The second-order valence-corrected chi connectivity index (χ2v) is 4.47. The Bertz CT molecular complexity index is 217. The molecule has 100 valence electrons. The molecule has 4 nitrogen and oxygen atoms in total. The van der Waals surface area contributed by atoms with E-state index < -0.39 is 0 Å². The Hall–Kier alpha value is -0.610. The molecule has 4 heteroatoms. The summed E-state index contributed by atoms with van der Waals surface area (Å²) in [5, 5.41) is 0. The number of hydrogen-bond acceptors (Lipinski definition) is 4. The van der Waals surface area contributed by atoms with Gasteiger partial charge < -0.3 is 9.47 Å². The molecular formula is C13H25NO3. The van der Waals surface area contributed by atoms with Crippen LogP contribution in [0.4, 0.5) is 0 Å². The maximum atomic E-state index is 11.4. The summed E-state index contributed by atoms with van der Waals surface area (Å²) in [7, 11) is 0. The number of esters is 1. The van der Waals surface area contributed by atoms with Crippen molar-refractivity contribution < 1.29 is 14.3 Å². The van der Waals surface area contributed by atoms with Crippen LogP contribution in [-0.2, 0) is 14.3 Å². The van der Waals surface area contributed by atoms with Crippen LogP contribution in [0.25, 0.3) is 0 Å². The van der Waals surface area contributed by atoms with Crippen molar-refractivity contribution in [2.24, 2.45) is 0 Å². The molecule has 0 heterocycles. The van der Waals surface area contributed by atoms with Gasteiger partial charge in [0.25, 0.3) is 0 Å². The molecule has 1 fully saturated rings. The molecule has 17 heavy (non-hydrogen) atoms. The van der Waals surface area contributed by atoms with Crippen LogP contribution in [0, 0.1) is 0 Å². The normalized spacial score (nSPS) is 15.2. The van der Waals surface area contributed by atoms with Crippen LogP contribution in [0.5, 0.6) is 0 Å². The van der Waals surface area contributed by atoms with Crippen molar-refractivity contribution in [2.75, 3.05) is 32.9 Å². The summed E-state index contributed by atoms with van der Waals surface area (Å²) in [5.74, 6) is -0.118. The van der Waals surface area contributed by atoms with Crippen LogP contribution < -0.4 is 0 Å². The third-order valence-electron chi connectivity index (χ3n) is 2.87. The van der Waals surface area contributed by atoms with Gasteiger partial charge in [0.05, 0.1) is 19.8 Å². The molecule has 0 amide bonds. The second kappa shape index (κ2) is 8.48. The van der Waals surface area contributed by atoms with Crippen LogP contribution in [0.3, 0.4) is 0 Å². The van der Waals surface area contributed by atoms with Crippen molar-refractivity contribution >= 4 is 5.97 Å². The Morgan fingerprint density at radius 1 is 1.29 bits per heavy atom. The Morgan fingerprint density at radius 2 is 2.06 bits per heavy atom. The fourth-order valence-electron chi connectivity index (χ4n) is 1.73. The van der Waals surface area contributed by atoms with Gasteiger partial charge in [0.15, 0.2) is 0 Å². The van der Waals surface area contributed by atoms with Crippen LogP contribution in [0.2, 0.25) is 0 Å². The summed E-state index contributed by atoms with van der Waals surface area (Å²) in [6.45, 7) is 7.26. The zero-order valence-corrected chi connectivity index (χ0v) is 11.1. The van der Waals surface area contributed by atoms with Gasteiger partial charge in [0.1, 0.15) is 0 Å². The van der Waals surface area contributed by atoms with Crippen molar-refractivity contribution in [2.45, 2.75) is 45.6 Å². The molecule has 0 aromatic rings. The van der Waals surface area contributed by atoms with Gasteiger partial charge >= 0.3 is 5.97 Å². The Labute approximate surface area is 104 Å². The number of rotatable bonds is 10. The molecule has 0 spiro atoms. The highest BCUT2D eigenvalue weighted by atomic mass is 16.5. The molecule has 1 aliphatic carbocycles. The fraction of sp³-hybridized carbons (Fsp3) is 0.923. The van der Waals surface area contributed by atoms with E-state index in [4.69, 9.17) is 9.47 Å². The van der Waals surface area contributed by atoms with E-state index in [-0.39, 0.29) is 5.97 Å². The minimum atomic E-state index is -0.118. The zero-order chi connectivity index (χ0) is 12.5. The monoisotopic (exact) mass is 243 g/mol. The van der Waals surface area contributed by atoms with Crippen LogP contribution in [-0.4, -0.2) is 49.8 Å². The van der Waals surface area contributed by atoms with E-state index in [1.807, 2.05) is 6.92 Å². The number of carbonyl (C=O) groups excluding carboxylic acids is 1. The van der Waals surface area contributed by atoms with E-state index in [1.54, 1.807) is 0 Å². The highest BCUT2D eigenvalue weighted by Gasteiger charge is 2.30. The Morgan fingerprint density at radius 3 is 2.65 bits per heavy atom. The van der Waals surface area contributed by atoms with E-state index in [0.29, 0.717) is 19.2 Å². The molecule has 0 aliphatic heterocycles. The molecular weight excluding hydrogens is 218 g/mol. The minimum absolute atomic E-state index is 0.118. The summed E-state index contributed by atoms with van der Waals surface area (Å²) in [4.78, 5) is 13.6. The van der Waals surface area contributed by atoms with Crippen molar-refractivity contribution in [1.82, 2.24) is 4.90 Å². The van der Waals surface area contributed by atoms with Crippen molar-refractivity contribution in [3.8, 4) is 0 Å². The molecule has 0 unspecified atom stereocenters. The lowest BCUT2D eigenvalue weighted by atomic mass is 10.4. The lowest BCUT2D eigenvalue weighted by Gasteiger charge is -2.20. The molecule has 0 bridgehead atoms. The van der Waals surface area contributed by atoms with E-state index in [0.717, 1.165) is 32.6 Å². The predicted molar refractivity (Wildman–Crippen MR) is 67.0 cm³/mol. The Kier molecular flexibility index (Phi) is 7.21. The van der Waals surface area contributed by atoms with Crippen molar-refractivity contribution in [3.05, 3.63) is 0 Å². The standard InChI is InChI=1S/C13H25NO3/c1-3-5-9-16-10-8-14(12-6-7-12)11-13(15)17-4-2/h12H,3-11H2,1-2H3. The van der Waals surface area contributed by atoms with Gasteiger partial charge in [-0.25, -0.2) is 0 Å². The fourth-order valence-corrected chi connectivity index (χ4v) is 1.73. The molecule has 0 saturated heterocycles. The van der Waals surface area contributed by atoms with Gasteiger partial charge in [0.2, 0.25) is 0 Å². The van der Waals surface area contributed by atoms with E-state index >= 15 is 0 Å². The smallest absolute Gasteiger partial charge is 0.320 e. The summed E-state index contributed by atoms with van der Waals surface area (Å²) in [5.41, 5.74) is 0. The molecule has 1 aliphatic rings. The number of unbranched alkanes of at least 4 members (excludes halogenated alkanes) is 1. The molecule has 0 radical (unpaired) electrons. The van der Waals surface area contributed by atoms with Crippen LogP contribution in [0.15, 0.2) is 0 Å². The van der Waals surface area contributed by atoms with Gasteiger partial charge in [0, 0.05) is 19.2 Å². The van der Waals surface area contributed by atoms with Gasteiger partial charge in [-0.2, -0.15) is 0 Å². The van der Waals surface area contributed by atoms with Crippen LogP contribution in [0.1, 0.15) is 39.5 Å². The molecule has 0 atom stereocenters. The zero-order valence-electron chi connectivity index (χ0n) is 11.1. The summed E-state index contributed by atoms with van der Waals surface area (Å²) >= 11 is 0. The first-order valence-corrected chi connectivity index (χ1v) is 6.75. The molecule has 1 saturated carbocycles. The predicted octanol–water partition coefficient (Wildman–Crippen LogP) is 1.83. The number of ether oxygens (including phenoxy) is 2. The van der Waals surface area contributed by atoms with Gasteiger partial charge in [-0.1, -0.05) is 13.3 Å². The van der Waals surface area contributed by atoms with Gasteiger partial charge in [-0.3, -0.25) is 9.69 Å². The molecule has 0 aromatic carbocycles. The summed E-state index contributed by atoms with van der Waals surface area (Å²) in [6.07, 6.45) is 4.68. The Balaban J connectivity index is 2.12. The SMILES string of the molecule is CCCCOCCN(CC(=O)OCC)C1CC1. The van der Waals surface area contributed by atoms with Crippen LogP contribution >= 0.6 is 0 Å². The third kappa shape index (κ3) is 6.64. The number of carbonyl (C=O) groups is 1. The van der Waals surface area contributed by atoms with E-state index in [1.165, 1.54) is 12.8 Å². The van der Waals surface area contributed by atoms with Crippen molar-refractivity contribution in [3.63, 3.8) is 0 Å². The van der Waals surface area contributed by atoms with Crippen molar-refractivity contribution in [1.29, 1.82) is 0 Å². The lowest BCUT2D eigenvalue weighted by Crippen LogP contribution is -2.35. The summed E-state index contributed by atoms with van der Waals surface area (Å²) in [6, 6.07) is 0.578. The average Bonchev–Trinajstić information content (AvgIpc) is 3.11.